The Hall–Kier alpha value is -1.18. The van der Waals surface area contributed by atoms with Gasteiger partial charge in [0.2, 0.25) is 10.0 Å². The Balaban J connectivity index is 2.22. The fourth-order valence-corrected chi connectivity index (χ4v) is 3.93. The van der Waals surface area contributed by atoms with Gasteiger partial charge in [0.05, 0.1) is 12.1 Å². The van der Waals surface area contributed by atoms with Crippen molar-refractivity contribution in [2.24, 2.45) is 0 Å². The zero-order chi connectivity index (χ0) is 15.3. The first-order valence-electron chi connectivity index (χ1n) is 7.27. The molecule has 1 atom stereocenters. The fourth-order valence-electron chi connectivity index (χ4n) is 2.38. The van der Waals surface area contributed by atoms with E-state index in [9.17, 15) is 8.42 Å². The normalized spacial score (nSPS) is 23.0. The highest BCUT2D eigenvalue weighted by atomic mass is 32.2. The number of nitrogens with zero attached hydrogens (tertiary/aromatic N) is 1. The molecule has 2 N–H and O–H groups in total. The van der Waals surface area contributed by atoms with Crippen LogP contribution in [0, 0.1) is 0 Å². The summed E-state index contributed by atoms with van der Waals surface area (Å²) in [5.74, 6) is 0.396. The lowest BCUT2D eigenvalue weighted by Gasteiger charge is -2.34. The molecule has 1 saturated heterocycles. The predicted molar refractivity (Wildman–Crippen MR) is 81.8 cm³/mol. The highest BCUT2D eigenvalue weighted by Crippen LogP contribution is 2.24. The summed E-state index contributed by atoms with van der Waals surface area (Å²) in [6.45, 7) is 5.65. The second-order valence-electron chi connectivity index (χ2n) is 5.60. The third kappa shape index (κ3) is 4.15. The van der Waals surface area contributed by atoms with Gasteiger partial charge in [-0.1, -0.05) is 6.92 Å². The first kappa shape index (κ1) is 16.2. The van der Waals surface area contributed by atoms with Crippen molar-refractivity contribution < 1.29 is 13.2 Å². The van der Waals surface area contributed by atoms with Crippen LogP contribution in [0.2, 0.25) is 0 Å². The number of hydrogen-bond acceptors (Lipinski definition) is 5. The number of sulfonamides is 1. The van der Waals surface area contributed by atoms with Crippen molar-refractivity contribution in [3.8, 4) is 0 Å². The lowest BCUT2D eigenvalue weighted by Crippen LogP contribution is -2.51. The summed E-state index contributed by atoms with van der Waals surface area (Å²) < 4.78 is 33.5. The molecule has 7 heteroatoms. The quantitative estimate of drug-likeness (QED) is 0.836. The van der Waals surface area contributed by atoms with Crippen LogP contribution in [-0.4, -0.2) is 38.7 Å². The Morgan fingerprint density at radius 1 is 1.48 bits per heavy atom. The molecule has 0 aromatic carbocycles. The van der Waals surface area contributed by atoms with E-state index in [0.29, 0.717) is 25.6 Å². The topological polar surface area (TPSA) is 80.3 Å². The first-order chi connectivity index (χ1) is 9.97. The van der Waals surface area contributed by atoms with Crippen LogP contribution >= 0.6 is 0 Å². The molecular weight excluding hydrogens is 290 g/mol. The molecule has 1 aromatic heterocycles. The molecule has 1 unspecified atom stereocenters. The van der Waals surface area contributed by atoms with Crippen LogP contribution in [0.5, 0.6) is 0 Å². The van der Waals surface area contributed by atoms with Gasteiger partial charge in [-0.3, -0.25) is 0 Å². The standard InChI is InChI=1S/C14H23N3O3S/c1-3-8-15-13-12(6-4-9-16-13)21(18,19)17-14(2)7-5-10-20-11-14/h4,6,9,17H,3,5,7-8,10-11H2,1-2H3,(H,15,16). The van der Waals surface area contributed by atoms with Crippen LogP contribution < -0.4 is 10.0 Å². The molecule has 6 nitrogen and oxygen atoms in total. The number of hydrogen-bond donors (Lipinski definition) is 2. The molecule has 0 spiro atoms. The zero-order valence-corrected chi connectivity index (χ0v) is 13.4. The van der Waals surface area contributed by atoms with Crippen LogP contribution in [0.15, 0.2) is 23.2 Å². The second kappa shape index (κ2) is 6.72. The Labute approximate surface area is 126 Å². The van der Waals surface area contributed by atoms with Crippen LogP contribution in [0.4, 0.5) is 5.82 Å². The number of anilines is 1. The monoisotopic (exact) mass is 313 g/mol. The summed E-state index contributed by atoms with van der Waals surface area (Å²) in [4.78, 5) is 4.32. The summed E-state index contributed by atoms with van der Waals surface area (Å²) >= 11 is 0. The number of aromatic nitrogens is 1. The maximum absolute atomic E-state index is 12.6. The minimum absolute atomic E-state index is 0.185. The lowest BCUT2D eigenvalue weighted by molar-refractivity contribution is 0.0386. The van der Waals surface area contributed by atoms with E-state index in [0.717, 1.165) is 19.3 Å². The summed E-state index contributed by atoms with van der Waals surface area (Å²) in [6.07, 6.45) is 4.11. The number of ether oxygens (including phenoxy) is 1. The maximum Gasteiger partial charge on any atom is 0.244 e. The van der Waals surface area contributed by atoms with Crippen LogP contribution in [0.3, 0.4) is 0 Å². The van der Waals surface area contributed by atoms with Crippen molar-refractivity contribution in [3.63, 3.8) is 0 Å². The zero-order valence-electron chi connectivity index (χ0n) is 12.6. The molecule has 118 valence electrons. The van der Waals surface area contributed by atoms with Crippen LogP contribution in [0.25, 0.3) is 0 Å². The molecule has 0 saturated carbocycles. The first-order valence-corrected chi connectivity index (χ1v) is 8.76. The van der Waals surface area contributed by atoms with E-state index in [1.165, 1.54) is 0 Å². The van der Waals surface area contributed by atoms with Gasteiger partial charge in [-0.15, -0.1) is 0 Å². The predicted octanol–water partition coefficient (Wildman–Crippen LogP) is 1.75. The molecule has 0 bridgehead atoms. The van der Waals surface area contributed by atoms with E-state index in [2.05, 4.69) is 15.0 Å². The van der Waals surface area contributed by atoms with Gasteiger partial charge in [-0.25, -0.2) is 18.1 Å². The molecule has 2 rings (SSSR count). The van der Waals surface area contributed by atoms with Crippen molar-refractivity contribution in [3.05, 3.63) is 18.3 Å². The van der Waals surface area contributed by atoms with E-state index in [-0.39, 0.29) is 4.90 Å². The van der Waals surface area contributed by atoms with Crippen molar-refractivity contribution in [1.29, 1.82) is 0 Å². The lowest BCUT2D eigenvalue weighted by atomic mass is 9.97. The third-order valence-electron chi connectivity index (χ3n) is 3.42. The van der Waals surface area contributed by atoms with E-state index in [4.69, 9.17) is 4.74 Å². The van der Waals surface area contributed by atoms with E-state index >= 15 is 0 Å². The van der Waals surface area contributed by atoms with Crippen LogP contribution in [-0.2, 0) is 14.8 Å². The molecule has 0 amide bonds. The third-order valence-corrected chi connectivity index (χ3v) is 5.09. The van der Waals surface area contributed by atoms with Crippen molar-refractivity contribution in [2.45, 2.75) is 43.5 Å². The fraction of sp³-hybridized carbons (Fsp3) is 0.643. The van der Waals surface area contributed by atoms with E-state index in [1.807, 2.05) is 13.8 Å². The molecule has 21 heavy (non-hydrogen) atoms. The van der Waals surface area contributed by atoms with Gasteiger partial charge in [-0.05, 0) is 38.3 Å². The highest BCUT2D eigenvalue weighted by molar-refractivity contribution is 7.89. The Morgan fingerprint density at radius 3 is 2.95 bits per heavy atom. The number of nitrogens with one attached hydrogen (secondary N) is 2. The average Bonchev–Trinajstić information content (AvgIpc) is 2.45. The van der Waals surface area contributed by atoms with Crippen molar-refractivity contribution >= 4 is 15.8 Å². The van der Waals surface area contributed by atoms with Gasteiger partial charge < -0.3 is 10.1 Å². The average molecular weight is 313 g/mol. The molecule has 0 aliphatic carbocycles. The Kier molecular flexibility index (Phi) is 5.18. The van der Waals surface area contributed by atoms with Crippen LogP contribution in [0.1, 0.15) is 33.1 Å². The van der Waals surface area contributed by atoms with Gasteiger partial charge in [0.15, 0.2) is 0 Å². The van der Waals surface area contributed by atoms with E-state index < -0.39 is 15.6 Å². The van der Waals surface area contributed by atoms with Crippen molar-refractivity contribution in [2.75, 3.05) is 25.1 Å². The van der Waals surface area contributed by atoms with Gasteiger partial charge in [-0.2, -0.15) is 0 Å². The summed E-state index contributed by atoms with van der Waals surface area (Å²) in [5.41, 5.74) is -0.561. The Bertz CT molecular complexity index is 569. The SMILES string of the molecule is CCCNc1ncccc1S(=O)(=O)NC1(C)CCCOC1. The minimum atomic E-state index is -3.63. The molecule has 1 aromatic rings. The second-order valence-corrected chi connectivity index (χ2v) is 7.25. The molecular formula is C14H23N3O3S. The van der Waals surface area contributed by atoms with E-state index in [1.54, 1.807) is 18.3 Å². The minimum Gasteiger partial charge on any atom is -0.380 e. The van der Waals surface area contributed by atoms with Gasteiger partial charge >= 0.3 is 0 Å². The summed E-state index contributed by atoms with van der Waals surface area (Å²) in [7, 11) is -3.63. The summed E-state index contributed by atoms with van der Waals surface area (Å²) in [6, 6.07) is 3.20. The molecule has 1 aliphatic heterocycles. The molecule has 0 radical (unpaired) electrons. The van der Waals surface area contributed by atoms with Gasteiger partial charge in [0.1, 0.15) is 10.7 Å². The van der Waals surface area contributed by atoms with Gasteiger partial charge in [0, 0.05) is 19.3 Å². The molecule has 1 fully saturated rings. The molecule has 2 heterocycles. The Morgan fingerprint density at radius 2 is 2.29 bits per heavy atom. The van der Waals surface area contributed by atoms with Crippen molar-refractivity contribution in [1.82, 2.24) is 9.71 Å². The largest absolute Gasteiger partial charge is 0.380 e. The smallest absolute Gasteiger partial charge is 0.244 e. The number of pyridine rings is 1. The number of rotatable bonds is 6. The highest BCUT2D eigenvalue weighted by Gasteiger charge is 2.34. The maximum atomic E-state index is 12.6. The molecule has 1 aliphatic rings. The summed E-state index contributed by atoms with van der Waals surface area (Å²) in [5, 5.41) is 3.06. The van der Waals surface area contributed by atoms with Gasteiger partial charge in [0.25, 0.3) is 0 Å².